The maximum absolute atomic E-state index is 12.7. The highest BCUT2D eigenvalue weighted by Gasteiger charge is 2.49. The SMILES string of the molecule is CCC1(CC)NC(=O)N(CC(=O)N2CCN(C(=O)Cc3cccc(OC)c3)CC2)C1=O. The molecule has 0 atom stereocenters. The van der Waals surface area contributed by atoms with E-state index in [1.807, 2.05) is 38.1 Å². The van der Waals surface area contributed by atoms with Gasteiger partial charge < -0.3 is 19.9 Å². The summed E-state index contributed by atoms with van der Waals surface area (Å²) in [6.07, 6.45) is 1.23. The summed E-state index contributed by atoms with van der Waals surface area (Å²) >= 11 is 0. The van der Waals surface area contributed by atoms with E-state index in [2.05, 4.69) is 5.32 Å². The molecule has 2 aliphatic heterocycles. The fourth-order valence-electron chi connectivity index (χ4n) is 4.06. The van der Waals surface area contributed by atoms with Gasteiger partial charge in [0.15, 0.2) is 0 Å². The molecule has 0 spiro atoms. The first-order valence-electron chi connectivity index (χ1n) is 10.7. The van der Waals surface area contributed by atoms with Gasteiger partial charge in [0.1, 0.15) is 17.8 Å². The highest BCUT2D eigenvalue weighted by molar-refractivity contribution is 6.09. The summed E-state index contributed by atoms with van der Waals surface area (Å²) in [5.41, 5.74) is -0.0421. The van der Waals surface area contributed by atoms with Crippen LogP contribution in [0, 0.1) is 0 Å². The number of carbonyl (C=O) groups is 4. The number of benzene rings is 1. The molecule has 0 aromatic heterocycles. The third-order valence-electron chi connectivity index (χ3n) is 6.22. The van der Waals surface area contributed by atoms with Gasteiger partial charge in [-0.15, -0.1) is 0 Å². The van der Waals surface area contributed by atoms with Crippen molar-refractivity contribution in [3.63, 3.8) is 0 Å². The number of rotatable bonds is 7. The number of carbonyl (C=O) groups excluding carboxylic acids is 4. The lowest BCUT2D eigenvalue weighted by atomic mass is 9.93. The number of ether oxygens (including phenoxy) is 1. The van der Waals surface area contributed by atoms with Crippen molar-refractivity contribution in [2.75, 3.05) is 39.8 Å². The molecule has 2 aliphatic rings. The van der Waals surface area contributed by atoms with Crippen LogP contribution in [0.5, 0.6) is 5.75 Å². The van der Waals surface area contributed by atoms with Gasteiger partial charge in [0.25, 0.3) is 5.91 Å². The quantitative estimate of drug-likeness (QED) is 0.651. The monoisotopic (exact) mass is 430 g/mol. The molecule has 1 N–H and O–H groups in total. The van der Waals surface area contributed by atoms with E-state index in [4.69, 9.17) is 4.74 Å². The maximum Gasteiger partial charge on any atom is 0.325 e. The van der Waals surface area contributed by atoms with Gasteiger partial charge in [0.2, 0.25) is 11.8 Å². The molecule has 168 valence electrons. The van der Waals surface area contributed by atoms with Gasteiger partial charge in [-0.25, -0.2) is 4.79 Å². The summed E-state index contributed by atoms with van der Waals surface area (Å²) < 4.78 is 5.19. The van der Waals surface area contributed by atoms with Gasteiger partial charge >= 0.3 is 6.03 Å². The lowest BCUT2D eigenvalue weighted by molar-refractivity contribution is -0.142. The van der Waals surface area contributed by atoms with Gasteiger partial charge in [0.05, 0.1) is 13.5 Å². The Labute approximate surface area is 182 Å². The molecular formula is C22H30N4O5. The second-order valence-corrected chi connectivity index (χ2v) is 7.90. The molecule has 3 rings (SSSR count). The summed E-state index contributed by atoms with van der Waals surface area (Å²) in [6, 6.07) is 6.87. The first-order chi connectivity index (χ1) is 14.8. The standard InChI is InChI=1S/C22H30N4O5/c1-4-22(5-2)20(29)26(21(30)23-22)15-19(28)25-11-9-24(10-12-25)18(27)14-16-7-6-8-17(13-16)31-3/h6-8,13H,4-5,9-12,14-15H2,1-3H3,(H,23,30). The summed E-state index contributed by atoms with van der Waals surface area (Å²) in [6.45, 7) is 5.00. The first-order valence-corrected chi connectivity index (χ1v) is 10.7. The Morgan fingerprint density at radius 1 is 1.03 bits per heavy atom. The molecule has 5 amide bonds. The predicted molar refractivity (Wildman–Crippen MR) is 113 cm³/mol. The normalized spacial score (nSPS) is 18.2. The van der Waals surface area contributed by atoms with Gasteiger partial charge in [-0.3, -0.25) is 19.3 Å². The van der Waals surface area contributed by atoms with Crippen molar-refractivity contribution in [3.05, 3.63) is 29.8 Å². The second kappa shape index (κ2) is 9.36. The van der Waals surface area contributed by atoms with E-state index < -0.39 is 11.6 Å². The van der Waals surface area contributed by atoms with Crippen LogP contribution in [0.4, 0.5) is 4.79 Å². The molecule has 0 saturated carbocycles. The predicted octanol–water partition coefficient (Wildman–Crippen LogP) is 1.02. The number of amides is 5. The molecule has 0 bridgehead atoms. The van der Waals surface area contributed by atoms with Crippen molar-refractivity contribution in [2.24, 2.45) is 0 Å². The van der Waals surface area contributed by atoms with Gasteiger partial charge in [0, 0.05) is 26.2 Å². The van der Waals surface area contributed by atoms with Gasteiger partial charge in [-0.1, -0.05) is 26.0 Å². The topological polar surface area (TPSA) is 99.3 Å². The average molecular weight is 431 g/mol. The van der Waals surface area contributed by atoms with E-state index in [0.29, 0.717) is 44.8 Å². The van der Waals surface area contributed by atoms with Crippen LogP contribution in [0.15, 0.2) is 24.3 Å². The van der Waals surface area contributed by atoms with Crippen LogP contribution in [0.25, 0.3) is 0 Å². The van der Waals surface area contributed by atoms with Crippen molar-refractivity contribution in [1.29, 1.82) is 0 Å². The summed E-state index contributed by atoms with van der Waals surface area (Å²) in [5.74, 6) is 0.0656. The Balaban J connectivity index is 1.52. The molecule has 0 aliphatic carbocycles. The van der Waals surface area contributed by atoms with Gasteiger partial charge in [-0.2, -0.15) is 0 Å². The van der Waals surface area contributed by atoms with Crippen molar-refractivity contribution in [3.8, 4) is 5.75 Å². The molecule has 2 heterocycles. The Kier molecular flexibility index (Phi) is 6.82. The number of methoxy groups -OCH3 is 1. The van der Waals surface area contributed by atoms with Crippen molar-refractivity contribution in [1.82, 2.24) is 20.0 Å². The molecule has 0 unspecified atom stereocenters. The van der Waals surface area contributed by atoms with Gasteiger partial charge in [-0.05, 0) is 30.5 Å². The highest BCUT2D eigenvalue weighted by atomic mass is 16.5. The van der Waals surface area contributed by atoms with E-state index >= 15 is 0 Å². The Morgan fingerprint density at radius 2 is 1.65 bits per heavy atom. The third kappa shape index (κ3) is 4.65. The smallest absolute Gasteiger partial charge is 0.325 e. The molecule has 1 aromatic carbocycles. The number of hydrogen-bond acceptors (Lipinski definition) is 5. The first kappa shape index (κ1) is 22.6. The molecule has 9 heteroatoms. The zero-order valence-electron chi connectivity index (χ0n) is 18.3. The van der Waals surface area contributed by atoms with Crippen molar-refractivity contribution >= 4 is 23.8 Å². The molecule has 2 saturated heterocycles. The number of nitrogens with zero attached hydrogens (tertiary/aromatic N) is 3. The van der Waals surface area contributed by atoms with E-state index in [-0.39, 0.29) is 30.7 Å². The Bertz CT molecular complexity index is 859. The molecule has 31 heavy (non-hydrogen) atoms. The summed E-state index contributed by atoms with van der Waals surface area (Å²) in [7, 11) is 1.58. The number of piperazine rings is 1. The van der Waals surface area contributed by atoms with Crippen molar-refractivity contribution < 1.29 is 23.9 Å². The van der Waals surface area contributed by atoms with Crippen LogP contribution in [-0.2, 0) is 20.8 Å². The zero-order chi connectivity index (χ0) is 22.6. The van der Waals surface area contributed by atoms with Crippen LogP contribution in [-0.4, -0.2) is 83.8 Å². The summed E-state index contributed by atoms with van der Waals surface area (Å²) in [4.78, 5) is 54.6. The van der Waals surface area contributed by atoms with E-state index in [0.717, 1.165) is 10.5 Å². The fraction of sp³-hybridized carbons (Fsp3) is 0.545. The van der Waals surface area contributed by atoms with Crippen LogP contribution in [0.2, 0.25) is 0 Å². The number of urea groups is 1. The Morgan fingerprint density at radius 3 is 2.19 bits per heavy atom. The highest BCUT2D eigenvalue weighted by Crippen LogP contribution is 2.25. The van der Waals surface area contributed by atoms with E-state index in [1.165, 1.54) is 0 Å². The lowest BCUT2D eigenvalue weighted by Gasteiger charge is -2.35. The van der Waals surface area contributed by atoms with Crippen LogP contribution in [0.1, 0.15) is 32.3 Å². The maximum atomic E-state index is 12.7. The minimum absolute atomic E-state index is 0.00914. The molecule has 9 nitrogen and oxygen atoms in total. The largest absolute Gasteiger partial charge is 0.497 e. The number of imide groups is 1. The number of hydrogen-bond donors (Lipinski definition) is 1. The second-order valence-electron chi connectivity index (χ2n) is 7.90. The van der Waals surface area contributed by atoms with Crippen molar-refractivity contribution in [2.45, 2.75) is 38.6 Å². The fourth-order valence-corrected chi connectivity index (χ4v) is 4.06. The third-order valence-corrected chi connectivity index (χ3v) is 6.22. The minimum Gasteiger partial charge on any atom is -0.497 e. The molecule has 2 fully saturated rings. The number of nitrogens with one attached hydrogen (secondary N) is 1. The molecule has 0 radical (unpaired) electrons. The Hall–Kier alpha value is -3.10. The minimum atomic E-state index is -0.914. The molecule has 1 aromatic rings. The van der Waals surface area contributed by atoms with Crippen LogP contribution < -0.4 is 10.1 Å². The zero-order valence-corrected chi connectivity index (χ0v) is 18.3. The average Bonchev–Trinajstić information content (AvgIpc) is 3.03. The summed E-state index contributed by atoms with van der Waals surface area (Å²) in [5, 5.41) is 2.73. The van der Waals surface area contributed by atoms with Crippen LogP contribution >= 0.6 is 0 Å². The molecular weight excluding hydrogens is 400 g/mol. The van der Waals surface area contributed by atoms with E-state index in [9.17, 15) is 19.2 Å². The van der Waals surface area contributed by atoms with Crippen LogP contribution in [0.3, 0.4) is 0 Å². The van der Waals surface area contributed by atoms with E-state index in [1.54, 1.807) is 16.9 Å². The lowest BCUT2D eigenvalue weighted by Crippen LogP contribution is -2.53.